The Hall–Kier alpha value is -1.39. The van der Waals surface area contributed by atoms with Crippen molar-refractivity contribution < 1.29 is 4.79 Å². The Kier molecular flexibility index (Phi) is 6.60. The predicted octanol–water partition coefficient (Wildman–Crippen LogP) is 2.77. The summed E-state index contributed by atoms with van der Waals surface area (Å²) in [5.74, 6) is 0.459. The highest BCUT2D eigenvalue weighted by Gasteiger charge is 2.27. The van der Waals surface area contributed by atoms with Gasteiger partial charge in [0.25, 0.3) is 5.91 Å². The maximum Gasteiger partial charge on any atom is 0.251 e. The van der Waals surface area contributed by atoms with Crippen LogP contribution in [-0.2, 0) is 6.54 Å². The Bertz CT molecular complexity index is 498. The molecule has 1 aliphatic carbocycles. The summed E-state index contributed by atoms with van der Waals surface area (Å²) in [7, 11) is 0. The van der Waals surface area contributed by atoms with Crippen LogP contribution in [0.2, 0.25) is 0 Å². The molecule has 0 aromatic heterocycles. The fourth-order valence-corrected chi connectivity index (χ4v) is 3.42. The molecule has 3 N–H and O–H groups in total. The first-order valence-electron chi connectivity index (χ1n) is 8.89. The van der Waals surface area contributed by atoms with Crippen LogP contribution in [0.1, 0.15) is 56.0 Å². The minimum atomic E-state index is 0.0260. The van der Waals surface area contributed by atoms with E-state index in [0.717, 1.165) is 37.9 Å². The summed E-state index contributed by atoms with van der Waals surface area (Å²) in [6, 6.07) is 8.77. The molecule has 1 aromatic carbocycles. The van der Waals surface area contributed by atoms with Gasteiger partial charge >= 0.3 is 0 Å². The fraction of sp³-hybridized carbons (Fsp3) is 0.632. The van der Waals surface area contributed by atoms with Crippen molar-refractivity contribution in [3.63, 3.8) is 0 Å². The van der Waals surface area contributed by atoms with E-state index < -0.39 is 0 Å². The third-order valence-electron chi connectivity index (χ3n) is 5.02. The number of carbonyl (C=O) groups excluding carboxylic acids is 1. The van der Waals surface area contributed by atoms with E-state index in [1.165, 1.54) is 5.56 Å². The molecule has 4 heteroatoms. The van der Waals surface area contributed by atoms with Crippen molar-refractivity contribution in [3.8, 4) is 0 Å². The van der Waals surface area contributed by atoms with Gasteiger partial charge in [-0.3, -0.25) is 9.69 Å². The first-order valence-corrected chi connectivity index (χ1v) is 8.89. The van der Waals surface area contributed by atoms with Crippen LogP contribution in [0.25, 0.3) is 0 Å². The Morgan fingerprint density at radius 1 is 1.30 bits per heavy atom. The molecule has 0 radical (unpaired) electrons. The van der Waals surface area contributed by atoms with Gasteiger partial charge < -0.3 is 11.1 Å². The Morgan fingerprint density at radius 3 is 2.57 bits per heavy atom. The second-order valence-corrected chi connectivity index (χ2v) is 6.86. The summed E-state index contributed by atoms with van der Waals surface area (Å²) in [6.45, 7) is 9.21. The van der Waals surface area contributed by atoms with Crippen LogP contribution in [0.3, 0.4) is 0 Å². The lowest BCUT2D eigenvalue weighted by molar-refractivity contribution is 0.0928. The Morgan fingerprint density at radius 2 is 2.00 bits per heavy atom. The van der Waals surface area contributed by atoms with E-state index in [4.69, 9.17) is 5.73 Å². The molecule has 128 valence electrons. The van der Waals surface area contributed by atoms with E-state index in [2.05, 4.69) is 43.1 Å². The Labute approximate surface area is 140 Å². The van der Waals surface area contributed by atoms with E-state index in [1.807, 2.05) is 12.1 Å². The average Bonchev–Trinajstić information content (AvgIpc) is 2.99. The van der Waals surface area contributed by atoms with Crippen LogP contribution >= 0.6 is 0 Å². The van der Waals surface area contributed by atoms with Crippen LogP contribution in [-0.4, -0.2) is 36.0 Å². The van der Waals surface area contributed by atoms with Crippen molar-refractivity contribution in [3.05, 3.63) is 35.4 Å². The third-order valence-corrected chi connectivity index (χ3v) is 5.02. The molecule has 0 aliphatic heterocycles. The molecule has 2 rings (SSSR count). The minimum absolute atomic E-state index is 0.0260. The first-order chi connectivity index (χ1) is 11.0. The van der Waals surface area contributed by atoms with Gasteiger partial charge in [0.05, 0.1) is 0 Å². The third kappa shape index (κ3) is 4.79. The lowest BCUT2D eigenvalue weighted by atomic mass is 10.0. The quantitative estimate of drug-likeness (QED) is 0.813. The molecule has 0 spiro atoms. The monoisotopic (exact) mass is 317 g/mol. The van der Waals surface area contributed by atoms with Gasteiger partial charge in [-0.2, -0.15) is 0 Å². The number of benzene rings is 1. The van der Waals surface area contributed by atoms with Crippen LogP contribution in [0.5, 0.6) is 0 Å². The van der Waals surface area contributed by atoms with Gasteiger partial charge in [0.1, 0.15) is 0 Å². The largest absolute Gasteiger partial charge is 0.349 e. The molecule has 0 heterocycles. The van der Waals surface area contributed by atoms with E-state index in [1.54, 1.807) is 0 Å². The standard InChI is InChI=1S/C19H31N3O/c1-4-22(14(2)3)13-15-8-10-16(11-9-15)19(23)21-18-7-5-6-17(18)12-20/h8-11,14,17-18H,4-7,12-13,20H2,1-3H3,(H,21,23). The summed E-state index contributed by atoms with van der Waals surface area (Å²) in [6.07, 6.45) is 3.34. The van der Waals surface area contributed by atoms with Crippen LogP contribution in [0.4, 0.5) is 0 Å². The van der Waals surface area contributed by atoms with Crippen molar-refractivity contribution >= 4 is 5.91 Å². The predicted molar refractivity (Wildman–Crippen MR) is 95.3 cm³/mol. The van der Waals surface area contributed by atoms with Crippen LogP contribution in [0, 0.1) is 5.92 Å². The van der Waals surface area contributed by atoms with E-state index in [-0.39, 0.29) is 11.9 Å². The van der Waals surface area contributed by atoms with Crippen LogP contribution < -0.4 is 11.1 Å². The zero-order valence-electron chi connectivity index (χ0n) is 14.7. The van der Waals surface area contributed by atoms with Crippen molar-refractivity contribution in [2.75, 3.05) is 13.1 Å². The van der Waals surface area contributed by atoms with Crippen molar-refractivity contribution in [2.45, 2.75) is 58.7 Å². The molecule has 0 bridgehead atoms. The van der Waals surface area contributed by atoms with Crippen molar-refractivity contribution in [2.24, 2.45) is 11.7 Å². The molecule has 0 saturated heterocycles. The molecule has 1 amide bonds. The molecule has 1 fully saturated rings. The van der Waals surface area contributed by atoms with Gasteiger partial charge in [-0.05, 0) is 63.4 Å². The van der Waals surface area contributed by atoms with Gasteiger partial charge in [0.15, 0.2) is 0 Å². The topological polar surface area (TPSA) is 58.4 Å². The highest BCUT2D eigenvalue weighted by Crippen LogP contribution is 2.24. The number of hydrogen-bond acceptors (Lipinski definition) is 3. The number of hydrogen-bond donors (Lipinski definition) is 2. The summed E-state index contributed by atoms with van der Waals surface area (Å²) >= 11 is 0. The zero-order valence-corrected chi connectivity index (χ0v) is 14.7. The zero-order chi connectivity index (χ0) is 16.8. The van der Waals surface area contributed by atoms with Gasteiger partial charge in [0, 0.05) is 24.2 Å². The fourth-order valence-electron chi connectivity index (χ4n) is 3.42. The van der Waals surface area contributed by atoms with Crippen molar-refractivity contribution in [1.82, 2.24) is 10.2 Å². The number of nitrogens with one attached hydrogen (secondary N) is 1. The molecule has 1 aliphatic rings. The van der Waals surface area contributed by atoms with E-state index >= 15 is 0 Å². The second-order valence-electron chi connectivity index (χ2n) is 6.86. The molecule has 2 atom stereocenters. The molecule has 2 unspecified atom stereocenters. The molecule has 4 nitrogen and oxygen atoms in total. The van der Waals surface area contributed by atoms with E-state index in [0.29, 0.717) is 18.5 Å². The smallest absolute Gasteiger partial charge is 0.251 e. The van der Waals surface area contributed by atoms with Gasteiger partial charge in [-0.15, -0.1) is 0 Å². The average molecular weight is 317 g/mol. The maximum atomic E-state index is 12.4. The number of amides is 1. The highest BCUT2D eigenvalue weighted by molar-refractivity contribution is 5.94. The highest BCUT2D eigenvalue weighted by atomic mass is 16.1. The number of carbonyl (C=O) groups is 1. The lowest BCUT2D eigenvalue weighted by Gasteiger charge is -2.24. The SMILES string of the molecule is CCN(Cc1ccc(C(=O)NC2CCCC2CN)cc1)C(C)C. The lowest BCUT2D eigenvalue weighted by Crippen LogP contribution is -2.39. The number of rotatable bonds is 7. The number of nitrogens with zero attached hydrogens (tertiary/aromatic N) is 1. The van der Waals surface area contributed by atoms with Gasteiger partial charge in [-0.1, -0.05) is 25.5 Å². The van der Waals surface area contributed by atoms with E-state index in [9.17, 15) is 4.79 Å². The summed E-state index contributed by atoms with van der Waals surface area (Å²) in [5.41, 5.74) is 7.77. The molecule has 1 aromatic rings. The molecule has 1 saturated carbocycles. The van der Waals surface area contributed by atoms with Gasteiger partial charge in [-0.25, -0.2) is 0 Å². The maximum absolute atomic E-state index is 12.4. The first kappa shape index (κ1) is 18.0. The summed E-state index contributed by atoms with van der Waals surface area (Å²) < 4.78 is 0. The minimum Gasteiger partial charge on any atom is -0.349 e. The van der Waals surface area contributed by atoms with Crippen LogP contribution in [0.15, 0.2) is 24.3 Å². The second kappa shape index (κ2) is 8.46. The van der Waals surface area contributed by atoms with Gasteiger partial charge in [0.2, 0.25) is 0 Å². The number of nitrogens with two attached hydrogens (primary N) is 1. The molecular formula is C19H31N3O. The molecule has 23 heavy (non-hydrogen) atoms. The van der Waals surface area contributed by atoms with Crippen molar-refractivity contribution in [1.29, 1.82) is 0 Å². The normalized spacial score (nSPS) is 21.1. The Balaban J connectivity index is 1.94. The summed E-state index contributed by atoms with van der Waals surface area (Å²) in [4.78, 5) is 14.8. The molecular weight excluding hydrogens is 286 g/mol. The summed E-state index contributed by atoms with van der Waals surface area (Å²) in [5, 5.41) is 3.16.